The molecular formula is C22H34O5. The number of rotatable bonds is 1. The highest BCUT2D eigenvalue weighted by atomic mass is 16.3. The van der Waals surface area contributed by atoms with Gasteiger partial charge in [0.25, 0.3) is 0 Å². The molecule has 0 saturated heterocycles. The highest BCUT2D eigenvalue weighted by molar-refractivity contribution is 5.86. The fraction of sp³-hybridized carbons (Fsp3) is 0.909. The van der Waals surface area contributed by atoms with Crippen molar-refractivity contribution in [3.63, 3.8) is 0 Å². The van der Waals surface area contributed by atoms with Crippen molar-refractivity contribution >= 4 is 11.6 Å². The number of carbonyl (C=O) groups excluding carboxylic acids is 2. The first-order chi connectivity index (χ1) is 12.4. The molecule has 4 rings (SSSR count). The molecule has 0 aromatic rings. The van der Waals surface area contributed by atoms with Gasteiger partial charge in [-0.25, -0.2) is 0 Å². The summed E-state index contributed by atoms with van der Waals surface area (Å²) in [6.45, 7) is 7.52. The van der Waals surface area contributed by atoms with Crippen LogP contribution in [-0.2, 0) is 9.59 Å². The number of hydrogen-bond acceptors (Lipinski definition) is 5. The van der Waals surface area contributed by atoms with Gasteiger partial charge in [-0.2, -0.15) is 0 Å². The standard InChI is InChI=1S/C22H34O5/c1-12-9-15-16-6-8-21(26,13(2)23)20(16,4)11-17(25)18(15)19(3)7-5-14(24)10-22(12,19)27/h12,15-18,25-27H,5-11H2,1-4H3/t12-,15+,16+,17+,18-,19-,20+,21+,22+/m1/s1. The molecule has 0 aromatic carbocycles. The van der Waals surface area contributed by atoms with E-state index in [2.05, 4.69) is 6.92 Å². The number of aliphatic hydroxyl groups is 3. The van der Waals surface area contributed by atoms with Crippen molar-refractivity contribution in [1.29, 1.82) is 0 Å². The molecule has 0 unspecified atom stereocenters. The van der Waals surface area contributed by atoms with Gasteiger partial charge >= 0.3 is 0 Å². The lowest BCUT2D eigenvalue weighted by atomic mass is 9.40. The average molecular weight is 379 g/mol. The summed E-state index contributed by atoms with van der Waals surface area (Å²) in [5.74, 6) is 0.0739. The molecule has 9 atom stereocenters. The Bertz CT molecular complexity index is 690. The maximum absolute atomic E-state index is 12.3. The van der Waals surface area contributed by atoms with Crippen molar-refractivity contribution in [3.05, 3.63) is 0 Å². The summed E-state index contributed by atoms with van der Waals surface area (Å²) in [6, 6.07) is 0. The largest absolute Gasteiger partial charge is 0.393 e. The Morgan fingerprint density at radius 2 is 1.81 bits per heavy atom. The number of fused-ring (bicyclic) bond motifs is 5. The summed E-state index contributed by atoms with van der Waals surface area (Å²) in [7, 11) is 0. The van der Waals surface area contributed by atoms with Gasteiger partial charge in [-0.1, -0.05) is 20.8 Å². The van der Waals surface area contributed by atoms with Gasteiger partial charge in [0.1, 0.15) is 11.4 Å². The molecule has 0 spiro atoms. The molecule has 4 aliphatic carbocycles. The fourth-order valence-electron chi connectivity index (χ4n) is 8.17. The molecule has 4 fully saturated rings. The first-order valence-corrected chi connectivity index (χ1v) is 10.6. The van der Waals surface area contributed by atoms with E-state index in [1.165, 1.54) is 6.92 Å². The number of aliphatic hydroxyl groups excluding tert-OH is 1. The molecule has 5 nitrogen and oxygen atoms in total. The summed E-state index contributed by atoms with van der Waals surface area (Å²) >= 11 is 0. The predicted molar refractivity (Wildman–Crippen MR) is 99.8 cm³/mol. The topological polar surface area (TPSA) is 94.8 Å². The van der Waals surface area contributed by atoms with Gasteiger partial charge in [-0.15, -0.1) is 0 Å². The average Bonchev–Trinajstić information content (AvgIpc) is 2.83. The zero-order valence-electron chi connectivity index (χ0n) is 17.0. The molecular weight excluding hydrogens is 344 g/mol. The Morgan fingerprint density at radius 1 is 1.15 bits per heavy atom. The summed E-state index contributed by atoms with van der Waals surface area (Å²) in [5, 5.41) is 34.1. The molecule has 0 aromatic heterocycles. The smallest absolute Gasteiger partial charge is 0.161 e. The number of carbonyl (C=O) groups is 2. The molecule has 0 radical (unpaired) electrons. The second-order valence-electron chi connectivity index (χ2n) is 10.6. The van der Waals surface area contributed by atoms with Crippen LogP contribution in [0.25, 0.3) is 0 Å². The van der Waals surface area contributed by atoms with E-state index < -0.39 is 28.1 Å². The van der Waals surface area contributed by atoms with Crippen LogP contribution in [0.5, 0.6) is 0 Å². The Balaban J connectivity index is 1.78. The van der Waals surface area contributed by atoms with E-state index in [9.17, 15) is 24.9 Å². The van der Waals surface area contributed by atoms with E-state index in [0.717, 1.165) is 12.8 Å². The molecule has 4 saturated carbocycles. The molecule has 3 N–H and O–H groups in total. The molecule has 0 amide bonds. The lowest BCUT2D eigenvalue weighted by Crippen LogP contribution is -2.69. The predicted octanol–water partition coefficient (Wildman–Crippen LogP) is 2.25. The van der Waals surface area contributed by atoms with Crippen LogP contribution in [0.4, 0.5) is 0 Å². The third-order valence-corrected chi connectivity index (χ3v) is 9.74. The van der Waals surface area contributed by atoms with Crippen LogP contribution in [0, 0.1) is 34.5 Å². The molecule has 152 valence electrons. The number of ketones is 2. The normalized spacial score (nSPS) is 57.6. The van der Waals surface area contributed by atoms with Crippen LogP contribution in [0.15, 0.2) is 0 Å². The van der Waals surface area contributed by atoms with Crippen molar-refractivity contribution in [2.75, 3.05) is 0 Å². The van der Waals surface area contributed by atoms with Gasteiger partial charge < -0.3 is 15.3 Å². The zero-order valence-corrected chi connectivity index (χ0v) is 17.0. The van der Waals surface area contributed by atoms with Crippen LogP contribution in [0.2, 0.25) is 0 Å². The summed E-state index contributed by atoms with van der Waals surface area (Å²) in [5.41, 5.74) is -3.59. The minimum Gasteiger partial charge on any atom is -0.393 e. The molecule has 5 heteroatoms. The Morgan fingerprint density at radius 3 is 2.44 bits per heavy atom. The third-order valence-electron chi connectivity index (χ3n) is 9.74. The maximum atomic E-state index is 12.3. The van der Waals surface area contributed by atoms with E-state index in [1.807, 2.05) is 13.8 Å². The van der Waals surface area contributed by atoms with Crippen LogP contribution >= 0.6 is 0 Å². The van der Waals surface area contributed by atoms with Gasteiger partial charge in [-0.3, -0.25) is 9.59 Å². The van der Waals surface area contributed by atoms with Gasteiger partial charge in [0.15, 0.2) is 5.78 Å². The second-order valence-corrected chi connectivity index (χ2v) is 10.6. The van der Waals surface area contributed by atoms with E-state index >= 15 is 0 Å². The van der Waals surface area contributed by atoms with Crippen LogP contribution < -0.4 is 0 Å². The first-order valence-electron chi connectivity index (χ1n) is 10.6. The summed E-state index contributed by atoms with van der Waals surface area (Å²) < 4.78 is 0. The second kappa shape index (κ2) is 5.64. The van der Waals surface area contributed by atoms with Gasteiger partial charge in [0, 0.05) is 23.7 Å². The highest BCUT2D eigenvalue weighted by Gasteiger charge is 2.71. The number of hydrogen-bond donors (Lipinski definition) is 3. The van der Waals surface area contributed by atoms with E-state index in [0.29, 0.717) is 25.7 Å². The van der Waals surface area contributed by atoms with Crippen LogP contribution in [0.1, 0.15) is 72.6 Å². The van der Waals surface area contributed by atoms with Crippen molar-refractivity contribution in [2.24, 2.45) is 34.5 Å². The maximum Gasteiger partial charge on any atom is 0.161 e. The van der Waals surface area contributed by atoms with E-state index in [1.54, 1.807) is 0 Å². The molecule has 0 aliphatic heterocycles. The summed E-state index contributed by atoms with van der Waals surface area (Å²) in [4.78, 5) is 24.5. The fourth-order valence-corrected chi connectivity index (χ4v) is 8.17. The van der Waals surface area contributed by atoms with Crippen molar-refractivity contribution in [3.8, 4) is 0 Å². The number of Topliss-reactive ketones (excluding diaryl/α,β-unsaturated/α-hetero) is 2. The highest BCUT2D eigenvalue weighted by Crippen LogP contribution is 2.69. The molecule has 27 heavy (non-hydrogen) atoms. The quantitative estimate of drug-likeness (QED) is 0.650. The Hall–Kier alpha value is -0.780. The van der Waals surface area contributed by atoms with Crippen molar-refractivity contribution in [1.82, 2.24) is 0 Å². The lowest BCUT2D eigenvalue weighted by molar-refractivity contribution is -0.257. The monoisotopic (exact) mass is 378 g/mol. The van der Waals surface area contributed by atoms with Gasteiger partial charge in [-0.05, 0) is 62.7 Å². The SMILES string of the molecule is CC(=O)[C@@]1(O)CC[C@H]2[C@@H]3C[C@@H](C)[C@@]4(O)CC(=O)CC[C@]4(C)[C@H]3[C@@H](O)C[C@@]21C. The molecule has 0 bridgehead atoms. The minimum absolute atomic E-state index is 0.0476. The Kier molecular flexibility index (Phi) is 4.08. The van der Waals surface area contributed by atoms with E-state index in [-0.39, 0.29) is 41.7 Å². The third kappa shape index (κ3) is 2.17. The summed E-state index contributed by atoms with van der Waals surface area (Å²) in [6.07, 6.45) is 2.90. The van der Waals surface area contributed by atoms with Gasteiger partial charge in [0.2, 0.25) is 0 Å². The minimum atomic E-state index is -1.37. The van der Waals surface area contributed by atoms with Crippen LogP contribution in [-0.4, -0.2) is 44.2 Å². The molecule has 0 heterocycles. The zero-order chi connectivity index (χ0) is 20.0. The van der Waals surface area contributed by atoms with Crippen molar-refractivity contribution in [2.45, 2.75) is 89.9 Å². The molecule has 4 aliphatic rings. The van der Waals surface area contributed by atoms with E-state index in [4.69, 9.17) is 0 Å². The Labute approximate surface area is 161 Å². The van der Waals surface area contributed by atoms with Crippen molar-refractivity contribution < 1.29 is 24.9 Å². The van der Waals surface area contributed by atoms with Crippen LogP contribution in [0.3, 0.4) is 0 Å². The van der Waals surface area contributed by atoms with Gasteiger partial charge in [0.05, 0.1) is 11.7 Å². The first kappa shape index (κ1) is 19.5. The lowest BCUT2D eigenvalue weighted by Gasteiger charge is -2.66.